The zero-order valence-corrected chi connectivity index (χ0v) is 13.1. The molecule has 0 aromatic carbocycles. The molecule has 1 rings (SSSR count). The number of aliphatic hydroxyl groups is 1. The van der Waals surface area contributed by atoms with Gasteiger partial charge in [0.25, 0.3) is 0 Å². The summed E-state index contributed by atoms with van der Waals surface area (Å²) in [5.41, 5.74) is -1.62. The molecule has 0 amide bonds. The second kappa shape index (κ2) is 5.47. The molecule has 0 atom stereocenters. The molecule has 0 spiro atoms. The minimum Gasteiger partial charge on any atom is -0.423 e. The van der Waals surface area contributed by atoms with Gasteiger partial charge in [-0.15, -0.1) is 0 Å². The molecule has 18 heavy (non-hydrogen) atoms. The lowest BCUT2D eigenvalue weighted by Crippen LogP contribution is -2.53. The average Bonchev–Trinajstić information content (AvgIpc) is 2.19. The van der Waals surface area contributed by atoms with Crippen LogP contribution in [-0.4, -0.2) is 33.4 Å². The standard InChI is InChI=1S/C11H16BBrClNO3/c1-10(2,16)11(3,4)18-12(17)8-5-7(14)6-15-9(8)13/h5-6,16-17H,1-4H3. The van der Waals surface area contributed by atoms with E-state index in [9.17, 15) is 10.1 Å². The minimum absolute atomic E-state index is 0.400. The molecule has 0 bridgehead atoms. The molecule has 0 fully saturated rings. The molecule has 0 saturated carbocycles. The number of aromatic nitrogens is 1. The first kappa shape index (κ1) is 15.9. The molecule has 1 heterocycles. The second-order valence-electron chi connectivity index (χ2n) is 5.07. The van der Waals surface area contributed by atoms with Crippen molar-refractivity contribution in [3.8, 4) is 0 Å². The smallest absolute Gasteiger partial charge is 0.423 e. The quantitative estimate of drug-likeness (QED) is 0.650. The Balaban J connectivity index is 2.95. The van der Waals surface area contributed by atoms with Gasteiger partial charge in [-0.2, -0.15) is 0 Å². The van der Waals surface area contributed by atoms with Crippen LogP contribution in [0.15, 0.2) is 16.9 Å². The van der Waals surface area contributed by atoms with Crippen molar-refractivity contribution in [2.45, 2.75) is 38.9 Å². The van der Waals surface area contributed by atoms with Crippen LogP contribution < -0.4 is 5.46 Å². The fraction of sp³-hybridized carbons (Fsp3) is 0.545. The van der Waals surface area contributed by atoms with Crippen molar-refractivity contribution in [2.75, 3.05) is 0 Å². The molecule has 0 unspecified atom stereocenters. The highest BCUT2D eigenvalue weighted by Crippen LogP contribution is 2.25. The summed E-state index contributed by atoms with van der Waals surface area (Å²) in [6.07, 6.45) is 1.46. The fourth-order valence-corrected chi connectivity index (χ4v) is 1.68. The van der Waals surface area contributed by atoms with Crippen LogP contribution in [0.4, 0.5) is 0 Å². The number of pyridine rings is 1. The Bertz CT molecular complexity index is 437. The molecule has 0 saturated heterocycles. The first-order chi connectivity index (χ1) is 8.04. The van der Waals surface area contributed by atoms with Gasteiger partial charge in [0.2, 0.25) is 0 Å². The van der Waals surface area contributed by atoms with E-state index >= 15 is 0 Å². The number of hydrogen-bond acceptors (Lipinski definition) is 4. The average molecular weight is 336 g/mol. The van der Waals surface area contributed by atoms with E-state index in [1.54, 1.807) is 33.8 Å². The highest BCUT2D eigenvalue weighted by Gasteiger charge is 2.40. The summed E-state index contributed by atoms with van der Waals surface area (Å²) in [5.74, 6) is 0. The van der Waals surface area contributed by atoms with Crippen LogP contribution in [0, 0.1) is 0 Å². The summed E-state index contributed by atoms with van der Waals surface area (Å²) in [4.78, 5) is 3.97. The van der Waals surface area contributed by atoms with Crippen LogP contribution >= 0.6 is 27.5 Å². The lowest BCUT2D eigenvalue weighted by molar-refractivity contribution is -0.0982. The predicted molar refractivity (Wildman–Crippen MR) is 76.0 cm³/mol. The summed E-state index contributed by atoms with van der Waals surface area (Å²) in [6.45, 7) is 6.63. The van der Waals surface area contributed by atoms with Crippen LogP contribution in [0.1, 0.15) is 27.7 Å². The number of nitrogens with zero attached hydrogens (tertiary/aromatic N) is 1. The Hall–Kier alpha value is -0.135. The van der Waals surface area contributed by atoms with Crippen LogP contribution in [-0.2, 0) is 4.65 Å². The molecular weight excluding hydrogens is 320 g/mol. The highest BCUT2D eigenvalue weighted by atomic mass is 79.9. The van der Waals surface area contributed by atoms with Gasteiger partial charge in [-0.05, 0) is 49.7 Å². The van der Waals surface area contributed by atoms with Crippen molar-refractivity contribution >= 4 is 40.1 Å². The molecule has 7 heteroatoms. The molecule has 1 aromatic rings. The van der Waals surface area contributed by atoms with Gasteiger partial charge in [-0.25, -0.2) is 4.98 Å². The molecule has 1 aromatic heterocycles. The van der Waals surface area contributed by atoms with Crippen molar-refractivity contribution < 1.29 is 14.8 Å². The lowest BCUT2D eigenvalue weighted by Gasteiger charge is -2.38. The molecule has 0 aliphatic rings. The van der Waals surface area contributed by atoms with E-state index in [1.165, 1.54) is 6.20 Å². The lowest BCUT2D eigenvalue weighted by atomic mass is 9.77. The Morgan fingerprint density at radius 1 is 1.39 bits per heavy atom. The molecule has 0 radical (unpaired) electrons. The maximum Gasteiger partial charge on any atom is 0.494 e. The van der Waals surface area contributed by atoms with Gasteiger partial charge in [0, 0.05) is 11.7 Å². The van der Waals surface area contributed by atoms with Gasteiger partial charge < -0.3 is 14.8 Å². The van der Waals surface area contributed by atoms with E-state index in [0.717, 1.165) is 0 Å². The molecule has 2 N–H and O–H groups in total. The molecule has 0 aliphatic carbocycles. The predicted octanol–water partition coefficient (Wildman–Crippen LogP) is 1.75. The summed E-state index contributed by atoms with van der Waals surface area (Å²) in [5, 5.41) is 20.4. The van der Waals surface area contributed by atoms with Crippen molar-refractivity contribution in [1.29, 1.82) is 0 Å². The highest BCUT2D eigenvalue weighted by molar-refractivity contribution is 9.10. The minimum atomic E-state index is -1.23. The normalized spacial score (nSPS) is 12.7. The van der Waals surface area contributed by atoms with E-state index in [4.69, 9.17) is 16.3 Å². The van der Waals surface area contributed by atoms with Gasteiger partial charge in [0.15, 0.2) is 0 Å². The topological polar surface area (TPSA) is 62.6 Å². The maximum absolute atomic E-state index is 10.1. The monoisotopic (exact) mass is 335 g/mol. The van der Waals surface area contributed by atoms with Crippen molar-refractivity contribution in [3.63, 3.8) is 0 Å². The summed E-state index contributed by atoms with van der Waals surface area (Å²) in [7, 11) is -1.23. The summed E-state index contributed by atoms with van der Waals surface area (Å²) >= 11 is 9.04. The zero-order valence-electron chi connectivity index (χ0n) is 10.7. The van der Waals surface area contributed by atoms with Crippen molar-refractivity contribution in [2.24, 2.45) is 0 Å². The zero-order chi connectivity index (χ0) is 14.1. The summed E-state index contributed by atoms with van der Waals surface area (Å²) in [6, 6.07) is 1.56. The van der Waals surface area contributed by atoms with Crippen molar-refractivity contribution in [1.82, 2.24) is 4.98 Å². The summed E-state index contributed by atoms with van der Waals surface area (Å²) < 4.78 is 5.95. The molecule has 0 aliphatic heterocycles. The Labute approximate surface area is 121 Å². The maximum atomic E-state index is 10.1. The van der Waals surface area contributed by atoms with Crippen LogP contribution in [0.5, 0.6) is 0 Å². The Morgan fingerprint density at radius 2 is 1.94 bits per heavy atom. The van der Waals surface area contributed by atoms with E-state index in [-0.39, 0.29) is 0 Å². The van der Waals surface area contributed by atoms with E-state index < -0.39 is 18.3 Å². The SMILES string of the molecule is CC(C)(O)C(C)(C)OB(O)c1cc(Cl)cnc1Br. The van der Waals surface area contributed by atoms with E-state index in [1.807, 2.05) is 0 Å². The van der Waals surface area contributed by atoms with Crippen LogP contribution in [0.3, 0.4) is 0 Å². The van der Waals surface area contributed by atoms with E-state index in [0.29, 0.717) is 15.1 Å². The van der Waals surface area contributed by atoms with Gasteiger partial charge >= 0.3 is 7.12 Å². The third-order valence-electron chi connectivity index (χ3n) is 2.98. The molecule has 100 valence electrons. The number of hydrogen-bond donors (Lipinski definition) is 2. The second-order valence-corrected chi connectivity index (χ2v) is 6.26. The van der Waals surface area contributed by atoms with Gasteiger partial charge in [0.05, 0.1) is 16.2 Å². The first-order valence-electron chi connectivity index (χ1n) is 5.44. The third kappa shape index (κ3) is 3.68. The third-order valence-corrected chi connectivity index (χ3v) is 3.85. The molecular formula is C11H16BBrClNO3. The molecule has 4 nitrogen and oxygen atoms in total. The number of rotatable bonds is 4. The van der Waals surface area contributed by atoms with E-state index in [2.05, 4.69) is 20.9 Å². The van der Waals surface area contributed by atoms with Gasteiger partial charge in [0.1, 0.15) is 4.60 Å². The van der Waals surface area contributed by atoms with Crippen LogP contribution in [0.25, 0.3) is 0 Å². The van der Waals surface area contributed by atoms with Gasteiger partial charge in [-0.3, -0.25) is 0 Å². The largest absolute Gasteiger partial charge is 0.494 e. The number of halogens is 2. The van der Waals surface area contributed by atoms with Gasteiger partial charge in [-0.1, -0.05) is 11.6 Å². The fourth-order valence-electron chi connectivity index (χ4n) is 1.10. The van der Waals surface area contributed by atoms with Crippen molar-refractivity contribution in [3.05, 3.63) is 21.9 Å². The first-order valence-corrected chi connectivity index (χ1v) is 6.61. The van der Waals surface area contributed by atoms with Crippen LogP contribution in [0.2, 0.25) is 5.02 Å². The Morgan fingerprint density at radius 3 is 2.44 bits per heavy atom. The Kier molecular flexibility index (Phi) is 4.84.